The first-order chi connectivity index (χ1) is 12.9. The van der Waals surface area contributed by atoms with Gasteiger partial charge in [0.2, 0.25) is 15.7 Å². The van der Waals surface area contributed by atoms with Gasteiger partial charge in [0.05, 0.1) is 23.6 Å². The van der Waals surface area contributed by atoms with Gasteiger partial charge in [-0.05, 0) is 24.6 Å². The number of rotatable bonds is 6. The molecule has 0 saturated heterocycles. The molecule has 1 aromatic carbocycles. The first kappa shape index (κ1) is 18.5. The van der Waals surface area contributed by atoms with E-state index in [1.54, 1.807) is 6.92 Å². The molecule has 3 rings (SSSR count). The van der Waals surface area contributed by atoms with E-state index in [0.717, 1.165) is 0 Å². The number of fused-ring (bicyclic) bond motifs is 1. The molecule has 0 aliphatic rings. The van der Waals surface area contributed by atoms with Gasteiger partial charge in [-0.15, -0.1) is 0 Å². The number of carbonyl (C=O) groups is 1. The Kier molecular flexibility index (Phi) is 4.92. The molecule has 2 heterocycles. The highest BCUT2D eigenvalue weighted by Gasteiger charge is 2.22. The van der Waals surface area contributed by atoms with Gasteiger partial charge in [-0.1, -0.05) is 13.0 Å². The number of pyridine rings is 1. The third-order valence-corrected chi connectivity index (χ3v) is 5.35. The van der Waals surface area contributed by atoms with Crippen molar-refractivity contribution < 1.29 is 17.6 Å². The number of benzene rings is 1. The number of ketones is 1. The summed E-state index contributed by atoms with van der Waals surface area (Å²) in [5, 5.41) is 0.393. The van der Waals surface area contributed by atoms with Crippen molar-refractivity contribution >= 4 is 38.2 Å². The average molecular weight is 386 g/mol. The summed E-state index contributed by atoms with van der Waals surface area (Å²) in [6.45, 7) is 8.75. The highest BCUT2D eigenvalue weighted by molar-refractivity contribution is 7.92. The Morgan fingerprint density at radius 3 is 2.85 bits per heavy atom. The van der Waals surface area contributed by atoms with Crippen molar-refractivity contribution in [3.05, 3.63) is 65.0 Å². The van der Waals surface area contributed by atoms with E-state index in [2.05, 4.69) is 19.5 Å². The summed E-state index contributed by atoms with van der Waals surface area (Å²) < 4.78 is 40.8. The molecular weight excluding hydrogens is 371 g/mol. The number of carbonyl (C=O) groups excluding carboxylic acids is 1. The standard InChI is InChI=1S/C18H15FN4O3S/c1-3-7-27(25,26)23-15-6-4-5-12(16(15)19)17(24)14-10-22-18-13(14)8-11(20-2)9-21-18/h4-6,8-10,23H,3,7H2,1H3,(H,21,22). The van der Waals surface area contributed by atoms with Crippen molar-refractivity contribution in [2.24, 2.45) is 0 Å². The van der Waals surface area contributed by atoms with Crippen molar-refractivity contribution in [1.82, 2.24) is 9.97 Å². The van der Waals surface area contributed by atoms with Crippen LogP contribution in [0.3, 0.4) is 0 Å². The topological polar surface area (TPSA) is 96.3 Å². The third-order valence-electron chi connectivity index (χ3n) is 3.87. The van der Waals surface area contributed by atoms with E-state index in [-0.39, 0.29) is 28.3 Å². The van der Waals surface area contributed by atoms with Crippen LogP contribution in [0.25, 0.3) is 15.9 Å². The van der Waals surface area contributed by atoms with Crippen molar-refractivity contribution in [3.63, 3.8) is 0 Å². The number of H-pyrrole nitrogens is 1. The summed E-state index contributed by atoms with van der Waals surface area (Å²) in [5.41, 5.74) is 0.231. The van der Waals surface area contributed by atoms with Crippen LogP contribution in [0.5, 0.6) is 0 Å². The Labute approximate surface area is 155 Å². The number of hydrogen-bond acceptors (Lipinski definition) is 4. The highest BCUT2D eigenvalue weighted by Crippen LogP contribution is 2.27. The van der Waals surface area contributed by atoms with Gasteiger partial charge in [0, 0.05) is 23.3 Å². The quantitative estimate of drug-likeness (QED) is 0.499. The van der Waals surface area contributed by atoms with Gasteiger partial charge in [0.1, 0.15) is 5.65 Å². The number of sulfonamides is 1. The van der Waals surface area contributed by atoms with E-state index in [0.29, 0.717) is 17.5 Å². The summed E-state index contributed by atoms with van der Waals surface area (Å²) in [5.74, 6) is -1.75. The first-order valence-electron chi connectivity index (χ1n) is 8.04. The molecule has 0 saturated carbocycles. The summed E-state index contributed by atoms with van der Waals surface area (Å²) >= 11 is 0. The van der Waals surface area contributed by atoms with Crippen LogP contribution in [0.4, 0.5) is 15.8 Å². The van der Waals surface area contributed by atoms with E-state index in [9.17, 15) is 17.6 Å². The summed E-state index contributed by atoms with van der Waals surface area (Å²) in [4.78, 5) is 23.0. The summed E-state index contributed by atoms with van der Waals surface area (Å²) in [6, 6.07) is 5.43. The number of halogens is 1. The number of aromatic nitrogens is 2. The maximum atomic E-state index is 14.8. The van der Waals surface area contributed by atoms with Crippen LogP contribution >= 0.6 is 0 Å². The van der Waals surface area contributed by atoms with E-state index in [4.69, 9.17) is 6.57 Å². The lowest BCUT2D eigenvalue weighted by atomic mass is 10.0. The molecule has 0 radical (unpaired) electrons. The third kappa shape index (κ3) is 3.66. The Morgan fingerprint density at radius 1 is 1.37 bits per heavy atom. The molecule has 0 amide bonds. The van der Waals surface area contributed by atoms with E-state index >= 15 is 0 Å². The zero-order valence-corrected chi connectivity index (χ0v) is 15.1. The van der Waals surface area contributed by atoms with E-state index < -0.39 is 21.6 Å². The lowest BCUT2D eigenvalue weighted by Gasteiger charge is -2.10. The smallest absolute Gasteiger partial charge is 0.232 e. The largest absolute Gasteiger partial charge is 0.345 e. The molecule has 0 unspecified atom stereocenters. The molecule has 0 atom stereocenters. The monoisotopic (exact) mass is 386 g/mol. The van der Waals surface area contributed by atoms with Gasteiger partial charge in [-0.3, -0.25) is 14.5 Å². The number of aromatic amines is 1. The zero-order chi connectivity index (χ0) is 19.6. The Bertz CT molecular complexity index is 1180. The molecule has 9 heteroatoms. The van der Waals surface area contributed by atoms with Crippen LogP contribution in [-0.2, 0) is 10.0 Å². The predicted molar refractivity (Wildman–Crippen MR) is 99.9 cm³/mol. The SMILES string of the molecule is [C-]#[N+]c1cnc2[nH]cc(C(=O)c3cccc(NS(=O)(=O)CCC)c3F)c2c1. The number of nitrogens with one attached hydrogen (secondary N) is 2. The van der Waals surface area contributed by atoms with Crippen LogP contribution in [0.15, 0.2) is 36.7 Å². The molecule has 2 N–H and O–H groups in total. The van der Waals surface area contributed by atoms with E-state index in [1.165, 1.54) is 36.7 Å². The van der Waals surface area contributed by atoms with E-state index in [1.807, 2.05) is 0 Å². The molecule has 138 valence electrons. The minimum absolute atomic E-state index is 0.149. The lowest BCUT2D eigenvalue weighted by Crippen LogP contribution is -2.18. The van der Waals surface area contributed by atoms with Gasteiger partial charge in [-0.25, -0.2) is 17.7 Å². The van der Waals surface area contributed by atoms with Gasteiger partial charge < -0.3 is 4.98 Å². The van der Waals surface area contributed by atoms with Gasteiger partial charge >= 0.3 is 0 Å². The molecule has 2 aromatic heterocycles. The predicted octanol–water partition coefficient (Wildman–Crippen LogP) is 3.64. The number of nitrogens with zero attached hydrogens (tertiary/aromatic N) is 2. The Morgan fingerprint density at radius 2 is 2.15 bits per heavy atom. The molecule has 0 fully saturated rings. The second-order valence-electron chi connectivity index (χ2n) is 5.82. The van der Waals surface area contributed by atoms with Crippen molar-refractivity contribution in [2.45, 2.75) is 13.3 Å². The number of anilines is 1. The van der Waals surface area contributed by atoms with Gasteiger partial charge in [-0.2, -0.15) is 0 Å². The van der Waals surface area contributed by atoms with Crippen LogP contribution in [0.1, 0.15) is 29.3 Å². The maximum absolute atomic E-state index is 14.8. The summed E-state index contributed by atoms with van der Waals surface area (Å²) in [6.07, 6.45) is 3.13. The fraction of sp³-hybridized carbons (Fsp3) is 0.167. The molecule has 0 spiro atoms. The van der Waals surface area contributed by atoms with Gasteiger partial charge in [0.25, 0.3) is 0 Å². The van der Waals surface area contributed by atoms with Crippen LogP contribution < -0.4 is 4.72 Å². The van der Waals surface area contributed by atoms with Crippen molar-refractivity contribution in [1.29, 1.82) is 0 Å². The van der Waals surface area contributed by atoms with Gasteiger partial charge in [0.15, 0.2) is 11.6 Å². The Balaban J connectivity index is 2.04. The zero-order valence-electron chi connectivity index (χ0n) is 14.3. The first-order valence-corrected chi connectivity index (χ1v) is 9.70. The lowest BCUT2D eigenvalue weighted by molar-refractivity contribution is 0.103. The molecule has 27 heavy (non-hydrogen) atoms. The maximum Gasteiger partial charge on any atom is 0.232 e. The average Bonchev–Trinajstić information content (AvgIpc) is 3.05. The molecule has 0 bridgehead atoms. The minimum Gasteiger partial charge on any atom is -0.345 e. The molecule has 0 aliphatic carbocycles. The molecule has 0 aliphatic heterocycles. The number of hydrogen-bond donors (Lipinski definition) is 2. The van der Waals surface area contributed by atoms with Crippen LogP contribution in [-0.4, -0.2) is 29.9 Å². The summed E-state index contributed by atoms with van der Waals surface area (Å²) in [7, 11) is -3.70. The second kappa shape index (κ2) is 7.17. The van der Waals surface area contributed by atoms with Crippen molar-refractivity contribution in [3.8, 4) is 0 Å². The highest BCUT2D eigenvalue weighted by atomic mass is 32.2. The fourth-order valence-electron chi connectivity index (χ4n) is 2.66. The molecule has 7 nitrogen and oxygen atoms in total. The molecule has 3 aromatic rings. The van der Waals surface area contributed by atoms with Crippen molar-refractivity contribution in [2.75, 3.05) is 10.5 Å². The van der Waals surface area contributed by atoms with Crippen LogP contribution in [0, 0.1) is 12.4 Å². The minimum atomic E-state index is -3.70. The second-order valence-corrected chi connectivity index (χ2v) is 7.66. The van der Waals surface area contributed by atoms with Crippen LogP contribution in [0.2, 0.25) is 0 Å². The molecular formula is C18H15FN4O3S. The fourth-order valence-corrected chi connectivity index (χ4v) is 3.79. The Hall–Kier alpha value is -3.25. The normalized spacial score (nSPS) is 11.3.